The van der Waals surface area contributed by atoms with E-state index in [4.69, 9.17) is 0 Å². The SMILES string of the molecule is CC.CCCCNC(=O)C(=C/C=C/C=C1/N(CCCNC(=O)CC)c2ccc(SO)cc2P1C)C(=O)NCCCC. The molecule has 0 aromatic heterocycles. The average Bonchev–Trinajstić information content (AvgIpc) is 3.25. The number of carbonyl (C=O) groups excluding carboxylic acids is 3. The lowest BCUT2D eigenvalue weighted by Crippen LogP contribution is -2.35. The van der Waals surface area contributed by atoms with Gasteiger partial charge < -0.3 is 25.4 Å². The number of amides is 3. The van der Waals surface area contributed by atoms with Crippen LogP contribution in [0.25, 0.3) is 0 Å². The van der Waals surface area contributed by atoms with Crippen molar-refractivity contribution >= 4 is 48.7 Å². The van der Waals surface area contributed by atoms with E-state index in [1.165, 1.54) is 5.30 Å². The lowest BCUT2D eigenvalue weighted by molar-refractivity contribution is -0.124. The molecular weight excluding hydrogens is 555 g/mol. The molecule has 0 spiro atoms. The number of allylic oxidation sites excluding steroid dienone is 4. The number of hydrogen-bond acceptors (Lipinski definition) is 6. The number of nitrogens with zero attached hydrogens (tertiary/aromatic N) is 1. The molecule has 0 fully saturated rings. The van der Waals surface area contributed by atoms with Gasteiger partial charge >= 0.3 is 0 Å². The molecule has 0 aliphatic carbocycles. The van der Waals surface area contributed by atoms with Gasteiger partial charge in [0, 0.05) is 66.0 Å². The maximum absolute atomic E-state index is 12.7. The van der Waals surface area contributed by atoms with Gasteiger partial charge in [-0.15, -0.1) is 0 Å². The van der Waals surface area contributed by atoms with Gasteiger partial charge in [0.1, 0.15) is 5.57 Å². The number of rotatable bonds is 16. The second-order valence-corrected chi connectivity index (χ2v) is 11.9. The molecule has 1 heterocycles. The second kappa shape index (κ2) is 21.1. The minimum atomic E-state index is -0.674. The van der Waals surface area contributed by atoms with Crippen molar-refractivity contribution in [1.82, 2.24) is 16.0 Å². The van der Waals surface area contributed by atoms with Crippen molar-refractivity contribution in [3.8, 4) is 0 Å². The number of benzene rings is 1. The van der Waals surface area contributed by atoms with E-state index in [0.717, 1.165) is 66.7 Å². The van der Waals surface area contributed by atoms with E-state index >= 15 is 0 Å². The molecule has 10 heteroatoms. The molecule has 3 amide bonds. The molecule has 228 valence electrons. The smallest absolute Gasteiger partial charge is 0.256 e. The van der Waals surface area contributed by atoms with E-state index in [0.29, 0.717) is 26.1 Å². The maximum Gasteiger partial charge on any atom is 0.256 e. The van der Waals surface area contributed by atoms with Crippen LogP contribution in [0, 0.1) is 0 Å². The van der Waals surface area contributed by atoms with E-state index in [1.54, 1.807) is 12.2 Å². The summed E-state index contributed by atoms with van der Waals surface area (Å²) in [6.07, 6.45) is 12.1. The quantitative estimate of drug-likeness (QED) is 0.0355. The summed E-state index contributed by atoms with van der Waals surface area (Å²) in [7, 11) is -0.674. The highest BCUT2D eigenvalue weighted by Gasteiger charge is 2.30. The van der Waals surface area contributed by atoms with E-state index in [1.807, 2.05) is 51.1 Å². The van der Waals surface area contributed by atoms with Crippen LogP contribution in [-0.4, -0.2) is 55.1 Å². The summed E-state index contributed by atoms with van der Waals surface area (Å²) in [5, 5.41) is 9.80. The Labute approximate surface area is 252 Å². The van der Waals surface area contributed by atoms with E-state index in [9.17, 15) is 18.9 Å². The highest BCUT2D eigenvalue weighted by Crippen LogP contribution is 2.52. The molecule has 4 N–H and O–H groups in total. The van der Waals surface area contributed by atoms with Gasteiger partial charge in [0.25, 0.3) is 11.8 Å². The Hall–Kier alpha value is -2.61. The van der Waals surface area contributed by atoms with Gasteiger partial charge in [-0.05, 0) is 64.2 Å². The lowest BCUT2D eigenvalue weighted by atomic mass is 10.2. The standard InChI is InChI=1S/C29H43N4O4PS.C2H6/c1-5-8-17-31-28(35)23(29(36)32-18-9-6-2)13-10-11-14-27-33(20-12-19-30-26(34)7-3)24-16-15-22(39-37)21-25(24)38(27)4;1-2/h10-11,13-16,21,37H,5-9,12,17-20H2,1-4H3,(H,30,34)(H,31,35)(H,32,36);1-2H3/b11-10+,27-14-;. The van der Waals surface area contributed by atoms with Gasteiger partial charge in [-0.2, -0.15) is 0 Å². The molecule has 1 aliphatic heterocycles. The highest BCUT2D eigenvalue weighted by atomic mass is 32.2. The van der Waals surface area contributed by atoms with Crippen molar-refractivity contribution in [3.63, 3.8) is 0 Å². The van der Waals surface area contributed by atoms with Crippen LogP contribution in [-0.2, 0) is 14.4 Å². The average molecular weight is 605 g/mol. The van der Waals surface area contributed by atoms with Crippen LogP contribution in [0.2, 0.25) is 0 Å². The van der Waals surface area contributed by atoms with E-state index in [-0.39, 0.29) is 23.3 Å². The van der Waals surface area contributed by atoms with Crippen LogP contribution in [0.3, 0.4) is 0 Å². The Morgan fingerprint density at radius 3 is 2.10 bits per heavy atom. The number of fused-ring (bicyclic) bond motifs is 1. The normalized spacial score (nSPS) is 14.8. The third kappa shape index (κ3) is 12.0. The van der Waals surface area contributed by atoms with Crippen molar-refractivity contribution in [1.29, 1.82) is 0 Å². The van der Waals surface area contributed by atoms with Crippen molar-refractivity contribution in [3.05, 3.63) is 53.5 Å². The molecule has 0 saturated heterocycles. The van der Waals surface area contributed by atoms with Gasteiger partial charge in [-0.1, -0.05) is 59.6 Å². The van der Waals surface area contributed by atoms with E-state index < -0.39 is 7.92 Å². The van der Waals surface area contributed by atoms with Crippen molar-refractivity contribution < 1.29 is 18.9 Å². The lowest BCUT2D eigenvalue weighted by Gasteiger charge is -2.22. The molecule has 0 saturated carbocycles. The molecule has 2 rings (SSSR count). The van der Waals surface area contributed by atoms with Crippen LogP contribution < -0.4 is 26.2 Å². The van der Waals surface area contributed by atoms with Gasteiger partial charge in [-0.3, -0.25) is 14.4 Å². The first-order valence-electron chi connectivity index (χ1n) is 14.8. The predicted octanol–water partition coefficient (Wildman–Crippen LogP) is 5.91. The Balaban J connectivity index is 0.00000411. The number of carbonyl (C=O) groups is 3. The molecule has 1 aliphatic rings. The predicted molar refractivity (Wildman–Crippen MR) is 175 cm³/mol. The third-order valence-corrected chi connectivity index (χ3v) is 8.89. The van der Waals surface area contributed by atoms with Crippen LogP contribution >= 0.6 is 20.0 Å². The van der Waals surface area contributed by atoms with Gasteiger partial charge in [0.2, 0.25) is 5.91 Å². The van der Waals surface area contributed by atoms with Gasteiger partial charge in [0.05, 0.1) is 0 Å². The molecule has 41 heavy (non-hydrogen) atoms. The first-order chi connectivity index (χ1) is 19.9. The molecule has 1 aromatic carbocycles. The fraction of sp³-hybridized carbons (Fsp3) is 0.516. The van der Waals surface area contributed by atoms with Crippen LogP contribution in [0.5, 0.6) is 0 Å². The van der Waals surface area contributed by atoms with E-state index in [2.05, 4.69) is 41.4 Å². The summed E-state index contributed by atoms with van der Waals surface area (Å²) in [6.45, 7) is 14.5. The van der Waals surface area contributed by atoms with Crippen LogP contribution in [0.15, 0.2) is 58.4 Å². The van der Waals surface area contributed by atoms with Crippen molar-refractivity contribution in [2.75, 3.05) is 37.7 Å². The fourth-order valence-corrected chi connectivity index (χ4v) is 6.39. The van der Waals surface area contributed by atoms with Gasteiger partial charge in [0.15, 0.2) is 0 Å². The highest BCUT2D eigenvalue weighted by molar-refractivity contribution is 7.93. The first-order valence-corrected chi connectivity index (χ1v) is 17.3. The summed E-state index contributed by atoms with van der Waals surface area (Å²) in [5.74, 6) is -0.700. The maximum atomic E-state index is 12.7. The topological polar surface area (TPSA) is 111 Å². The molecule has 1 unspecified atom stereocenters. The summed E-state index contributed by atoms with van der Waals surface area (Å²) in [6, 6.07) is 5.96. The number of unbranched alkanes of at least 4 members (excludes halogenated alkanes) is 2. The molecular formula is C31H49N4O4PS. The molecule has 8 nitrogen and oxygen atoms in total. The zero-order valence-electron chi connectivity index (χ0n) is 25.6. The minimum Gasteiger partial charge on any atom is -0.356 e. The largest absolute Gasteiger partial charge is 0.356 e. The molecule has 1 atom stereocenters. The zero-order valence-corrected chi connectivity index (χ0v) is 27.3. The van der Waals surface area contributed by atoms with Gasteiger partial charge in [-0.25, -0.2) is 0 Å². The van der Waals surface area contributed by atoms with Crippen LogP contribution in [0.4, 0.5) is 5.69 Å². The minimum absolute atomic E-state index is 0.0397. The monoisotopic (exact) mass is 604 g/mol. The second-order valence-electron chi connectivity index (χ2n) is 9.22. The molecule has 1 aromatic rings. The third-order valence-electron chi connectivity index (χ3n) is 6.27. The fourth-order valence-electron chi connectivity index (χ4n) is 4.01. The van der Waals surface area contributed by atoms with Crippen LogP contribution in [0.1, 0.15) is 73.1 Å². The zero-order chi connectivity index (χ0) is 30.6. The number of nitrogens with one attached hydrogen (secondary N) is 3. The molecule has 0 radical (unpaired) electrons. The number of hydrogen-bond donors (Lipinski definition) is 4. The first kappa shape index (κ1) is 36.4. The summed E-state index contributed by atoms with van der Waals surface area (Å²) in [5.41, 5.74) is 2.33. The number of anilines is 1. The molecule has 0 bridgehead atoms. The Morgan fingerprint density at radius 2 is 1.54 bits per heavy atom. The van der Waals surface area contributed by atoms with Crippen molar-refractivity contribution in [2.24, 2.45) is 0 Å². The summed E-state index contributed by atoms with van der Waals surface area (Å²) < 4.78 is 9.56. The Morgan fingerprint density at radius 1 is 0.927 bits per heavy atom. The summed E-state index contributed by atoms with van der Waals surface area (Å²) in [4.78, 5) is 40.1. The Kier molecular flexibility index (Phi) is 18.8. The van der Waals surface area contributed by atoms with Crippen molar-refractivity contribution in [2.45, 2.75) is 78.0 Å². The Bertz CT molecular complexity index is 1050. The summed E-state index contributed by atoms with van der Waals surface area (Å²) >= 11 is 0.738.